The van der Waals surface area contributed by atoms with Gasteiger partial charge in [-0.15, -0.1) is 0 Å². The number of nitrogens with one attached hydrogen (secondary N) is 1. The maximum Gasteiger partial charge on any atom is 0.317 e. The second kappa shape index (κ2) is 10.3. The Morgan fingerprint density at radius 2 is 1.70 bits per heavy atom. The van der Waals surface area contributed by atoms with Crippen molar-refractivity contribution < 1.29 is 18.0 Å². The van der Waals surface area contributed by atoms with Crippen molar-refractivity contribution >= 4 is 22.0 Å². The van der Waals surface area contributed by atoms with Crippen LogP contribution in [-0.4, -0.2) is 80.3 Å². The molecule has 0 atom stereocenters. The minimum Gasteiger partial charge on any atom is -0.343 e. The largest absolute Gasteiger partial charge is 0.343 e. The van der Waals surface area contributed by atoms with Gasteiger partial charge in [-0.25, -0.2) is 13.2 Å². The van der Waals surface area contributed by atoms with Crippen LogP contribution in [0.2, 0.25) is 0 Å². The van der Waals surface area contributed by atoms with Crippen molar-refractivity contribution in [2.24, 2.45) is 0 Å². The zero-order valence-corrected chi connectivity index (χ0v) is 18.5. The third-order valence-electron chi connectivity index (χ3n) is 5.74. The summed E-state index contributed by atoms with van der Waals surface area (Å²) < 4.78 is 27.0. The molecule has 3 amide bonds. The number of carbonyl (C=O) groups excluding carboxylic acids is 2. The summed E-state index contributed by atoms with van der Waals surface area (Å²) in [5, 5.41) is 2.89. The summed E-state index contributed by atoms with van der Waals surface area (Å²) in [4.78, 5) is 28.2. The Hall–Kier alpha value is -2.13. The molecule has 1 N–H and O–H groups in total. The summed E-state index contributed by atoms with van der Waals surface area (Å²) in [5.41, 5.74) is 1.01. The number of likely N-dealkylation sites (tertiary alicyclic amines) is 1. The molecular weight excluding hydrogens is 404 g/mol. The molecule has 2 heterocycles. The van der Waals surface area contributed by atoms with Gasteiger partial charge in [0.05, 0.1) is 4.90 Å². The number of amides is 3. The lowest BCUT2D eigenvalue weighted by Crippen LogP contribution is -2.53. The molecule has 0 unspecified atom stereocenters. The van der Waals surface area contributed by atoms with Crippen LogP contribution < -0.4 is 5.32 Å². The van der Waals surface area contributed by atoms with Gasteiger partial charge in [-0.2, -0.15) is 4.31 Å². The number of aryl methyl sites for hydroxylation is 1. The first-order valence-electron chi connectivity index (χ1n) is 10.8. The zero-order valence-electron chi connectivity index (χ0n) is 17.7. The Morgan fingerprint density at radius 1 is 1.00 bits per heavy atom. The molecule has 2 saturated heterocycles. The van der Waals surface area contributed by atoms with Crippen molar-refractivity contribution in [3.05, 3.63) is 29.8 Å². The summed E-state index contributed by atoms with van der Waals surface area (Å²) in [6.45, 7) is 5.19. The van der Waals surface area contributed by atoms with Gasteiger partial charge in [0.25, 0.3) is 0 Å². The zero-order chi connectivity index (χ0) is 21.6. The van der Waals surface area contributed by atoms with E-state index in [4.69, 9.17) is 0 Å². The SMILES string of the molecule is Cc1ccc(S(=O)(=O)N2CCN(C(=O)NCCCN3CCCCCC3=O)CC2)cc1. The lowest BCUT2D eigenvalue weighted by molar-refractivity contribution is -0.130. The maximum atomic E-state index is 12.8. The predicted molar refractivity (Wildman–Crippen MR) is 115 cm³/mol. The Kier molecular flexibility index (Phi) is 7.71. The lowest BCUT2D eigenvalue weighted by Gasteiger charge is -2.34. The fourth-order valence-electron chi connectivity index (χ4n) is 3.84. The molecule has 2 fully saturated rings. The summed E-state index contributed by atoms with van der Waals surface area (Å²) in [5.74, 6) is 0.213. The first-order chi connectivity index (χ1) is 14.4. The first-order valence-corrected chi connectivity index (χ1v) is 12.2. The average Bonchev–Trinajstić information content (AvgIpc) is 2.95. The van der Waals surface area contributed by atoms with Gasteiger partial charge in [0, 0.05) is 52.2 Å². The topological polar surface area (TPSA) is 90.0 Å². The fourth-order valence-corrected chi connectivity index (χ4v) is 5.27. The van der Waals surface area contributed by atoms with Crippen molar-refractivity contribution in [3.8, 4) is 0 Å². The number of rotatable bonds is 6. The van der Waals surface area contributed by atoms with E-state index in [0.29, 0.717) is 32.6 Å². The van der Waals surface area contributed by atoms with Gasteiger partial charge < -0.3 is 15.1 Å². The highest BCUT2D eigenvalue weighted by Gasteiger charge is 2.30. The second-order valence-corrected chi connectivity index (χ2v) is 9.92. The van der Waals surface area contributed by atoms with Gasteiger partial charge in [0.1, 0.15) is 0 Å². The van der Waals surface area contributed by atoms with E-state index in [-0.39, 0.29) is 29.9 Å². The molecule has 0 aliphatic carbocycles. The van der Waals surface area contributed by atoms with E-state index < -0.39 is 10.0 Å². The molecule has 2 aliphatic rings. The summed E-state index contributed by atoms with van der Waals surface area (Å²) >= 11 is 0. The van der Waals surface area contributed by atoms with Crippen LogP contribution >= 0.6 is 0 Å². The summed E-state index contributed by atoms with van der Waals surface area (Å²) in [6.07, 6.45) is 4.47. The van der Waals surface area contributed by atoms with E-state index in [1.807, 2.05) is 11.8 Å². The number of hydrogen-bond acceptors (Lipinski definition) is 4. The fraction of sp³-hybridized carbons (Fsp3) is 0.619. The van der Waals surface area contributed by atoms with E-state index in [1.165, 1.54) is 4.31 Å². The van der Waals surface area contributed by atoms with Gasteiger partial charge in [0.15, 0.2) is 0 Å². The number of urea groups is 1. The van der Waals surface area contributed by atoms with Crippen LogP contribution in [-0.2, 0) is 14.8 Å². The third kappa shape index (κ3) is 5.72. The summed E-state index contributed by atoms with van der Waals surface area (Å²) in [6, 6.07) is 6.65. The van der Waals surface area contributed by atoms with Crippen molar-refractivity contribution in [3.63, 3.8) is 0 Å². The molecule has 0 radical (unpaired) electrons. The van der Waals surface area contributed by atoms with Gasteiger partial charge >= 0.3 is 6.03 Å². The number of benzene rings is 1. The van der Waals surface area contributed by atoms with Crippen molar-refractivity contribution in [2.45, 2.75) is 43.9 Å². The Bertz CT molecular complexity index is 833. The number of hydrogen-bond donors (Lipinski definition) is 1. The van der Waals surface area contributed by atoms with Crippen LogP contribution in [0.25, 0.3) is 0 Å². The Labute approximate surface area is 179 Å². The monoisotopic (exact) mass is 436 g/mol. The normalized spacial score (nSPS) is 18.9. The van der Waals surface area contributed by atoms with E-state index in [1.54, 1.807) is 29.2 Å². The van der Waals surface area contributed by atoms with Crippen LogP contribution in [0.5, 0.6) is 0 Å². The molecule has 166 valence electrons. The van der Waals surface area contributed by atoms with Crippen LogP contribution in [0.4, 0.5) is 4.79 Å². The van der Waals surface area contributed by atoms with Gasteiger partial charge in [-0.3, -0.25) is 4.79 Å². The Balaban J connectivity index is 1.40. The number of piperazine rings is 1. The molecule has 1 aromatic carbocycles. The molecule has 3 rings (SSSR count). The van der Waals surface area contributed by atoms with E-state index in [0.717, 1.165) is 37.8 Å². The minimum atomic E-state index is -3.53. The molecule has 9 heteroatoms. The molecular formula is C21H32N4O4S. The lowest BCUT2D eigenvalue weighted by atomic mass is 10.2. The van der Waals surface area contributed by atoms with Crippen LogP contribution in [0.3, 0.4) is 0 Å². The van der Waals surface area contributed by atoms with Crippen molar-refractivity contribution in [1.82, 2.24) is 19.4 Å². The van der Waals surface area contributed by atoms with Gasteiger partial charge in [0.2, 0.25) is 15.9 Å². The molecule has 8 nitrogen and oxygen atoms in total. The average molecular weight is 437 g/mol. The molecule has 1 aromatic rings. The van der Waals surface area contributed by atoms with Crippen LogP contribution in [0.1, 0.15) is 37.7 Å². The summed E-state index contributed by atoms with van der Waals surface area (Å²) in [7, 11) is -3.53. The molecule has 0 bridgehead atoms. The number of nitrogens with zero attached hydrogens (tertiary/aromatic N) is 3. The molecule has 0 aromatic heterocycles. The highest BCUT2D eigenvalue weighted by molar-refractivity contribution is 7.89. The van der Waals surface area contributed by atoms with Crippen LogP contribution in [0, 0.1) is 6.92 Å². The number of carbonyl (C=O) groups is 2. The first kappa shape index (κ1) is 22.6. The second-order valence-electron chi connectivity index (χ2n) is 7.98. The van der Waals surface area contributed by atoms with Crippen molar-refractivity contribution in [2.75, 3.05) is 45.8 Å². The van der Waals surface area contributed by atoms with E-state index >= 15 is 0 Å². The van der Waals surface area contributed by atoms with E-state index in [2.05, 4.69) is 5.32 Å². The smallest absolute Gasteiger partial charge is 0.317 e. The van der Waals surface area contributed by atoms with Gasteiger partial charge in [-0.1, -0.05) is 24.1 Å². The molecule has 2 aliphatic heterocycles. The van der Waals surface area contributed by atoms with E-state index in [9.17, 15) is 18.0 Å². The third-order valence-corrected chi connectivity index (χ3v) is 7.65. The highest BCUT2D eigenvalue weighted by atomic mass is 32.2. The van der Waals surface area contributed by atoms with Crippen molar-refractivity contribution in [1.29, 1.82) is 0 Å². The number of sulfonamides is 1. The maximum absolute atomic E-state index is 12.8. The molecule has 0 spiro atoms. The predicted octanol–water partition coefficient (Wildman–Crippen LogP) is 1.80. The molecule has 30 heavy (non-hydrogen) atoms. The minimum absolute atomic E-state index is 0.176. The highest BCUT2D eigenvalue weighted by Crippen LogP contribution is 2.18. The quantitative estimate of drug-likeness (QED) is 0.689. The standard InChI is InChI=1S/C21H32N4O4S/c1-18-7-9-19(10-8-18)30(28,29)25-16-14-24(15-17-25)21(27)22-11-5-13-23-12-4-2-3-6-20(23)26/h7-10H,2-6,11-17H2,1H3,(H,22,27). The Morgan fingerprint density at radius 3 is 2.40 bits per heavy atom. The molecule has 0 saturated carbocycles. The van der Waals surface area contributed by atoms with Crippen LogP contribution in [0.15, 0.2) is 29.2 Å². The van der Waals surface area contributed by atoms with Gasteiger partial charge in [-0.05, 0) is 38.3 Å².